The lowest BCUT2D eigenvalue weighted by Gasteiger charge is -2.27. The number of hydrogen-bond donors (Lipinski definition) is 2. The smallest absolute Gasteiger partial charge is 0.221 e. The third-order valence-corrected chi connectivity index (χ3v) is 6.05. The monoisotopic (exact) mass is 441 g/mol. The first-order chi connectivity index (χ1) is 14.5. The van der Waals surface area contributed by atoms with Gasteiger partial charge >= 0.3 is 0 Å². The van der Waals surface area contributed by atoms with E-state index in [2.05, 4.69) is 20.4 Å². The first-order valence-electron chi connectivity index (χ1n) is 10.0. The molecule has 0 amide bonds. The molecule has 8 heteroatoms. The second-order valence-corrected chi connectivity index (χ2v) is 8.27. The lowest BCUT2D eigenvalue weighted by molar-refractivity contribution is 0.178. The molecule has 0 atom stereocenters. The van der Waals surface area contributed by atoms with Gasteiger partial charge < -0.3 is 10.4 Å². The minimum Gasteiger partial charge on any atom is -0.493 e. The molecule has 2 N–H and O–H groups in total. The molecule has 0 radical (unpaired) electrons. The molecule has 1 fully saturated rings. The van der Waals surface area contributed by atoms with Crippen LogP contribution in [-0.4, -0.2) is 32.8 Å². The van der Waals surface area contributed by atoms with Crippen LogP contribution in [0.2, 0.25) is 5.02 Å². The molecular weight excluding hydrogens is 418 g/mol. The highest BCUT2D eigenvalue weighted by atomic mass is 35.5. The van der Waals surface area contributed by atoms with Gasteiger partial charge in [0.25, 0.3) is 0 Å². The van der Waals surface area contributed by atoms with Gasteiger partial charge in [-0.3, -0.25) is 9.47 Å². The normalized spacial score (nSPS) is 15.1. The predicted octanol–water partition coefficient (Wildman–Crippen LogP) is 6.23. The topological polar surface area (TPSA) is 65.2 Å². The minimum atomic E-state index is 0.104. The zero-order valence-corrected chi connectivity index (χ0v) is 18.4. The van der Waals surface area contributed by atoms with E-state index >= 15 is 0 Å². The third kappa shape index (κ3) is 4.33. The molecule has 30 heavy (non-hydrogen) atoms. The Morgan fingerprint density at radius 3 is 2.70 bits per heavy atom. The van der Waals surface area contributed by atoms with Crippen molar-refractivity contribution in [2.45, 2.75) is 32.9 Å². The Hall–Kier alpha value is -2.48. The summed E-state index contributed by atoms with van der Waals surface area (Å²) in [6, 6.07) is 13.4. The summed E-state index contributed by atoms with van der Waals surface area (Å²) >= 11 is 11.5. The van der Waals surface area contributed by atoms with Crippen LogP contribution in [-0.2, 0) is 6.67 Å². The van der Waals surface area contributed by atoms with Gasteiger partial charge in [0.1, 0.15) is 0 Å². The molecule has 0 bridgehead atoms. The van der Waals surface area contributed by atoms with E-state index in [-0.39, 0.29) is 11.0 Å². The lowest BCUT2D eigenvalue weighted by Crippen LogP contribution is -2.31. The van der Waals surface area contributed by atoms with Crippen molar-refractivity contribution in [1.29, 1.82) is 0 Å². The van der Waals surface area contributed by atoms with Gasteiger partial charge in [-0.15, -0.1) is 10.2 Å². The van der Waals surface area contributed by atoms with Crippen LogP contribution in [0.5, 0.6) is 5.88 Å². The van der Waals surface area contributed by atoms with Crippen molar-refractivity contribution in [3.63, 3.8) is 0 Å². The lowest BCUT2D eigenvalue weighted by atomic mass is 10.1. The van der Waals surface area contributed by atoms with Crippen molar-refractivity contribution in [2.75, 3.05) is 18.4 Å². The number of thiocarbonyl (C=S) groups is 1. The number of aromatic hydroxyl groups is 1. The van der Waals surface area contributed by atoms with Crippen LogP contribution in [0.1, 0.15) is 24.8 Å². The Morgan fingerprint density at radius 1 is 1.13 bits per heavy atom. The van der Waals surface area contributed by atoms with E-state index in [4.69, 9.17) is 23.8 Å². The summed E-state index contributed by atoms with van der Waals surface area (Å²) in [6.45, 7) is 4.61. The Kier molecular flexibility index (Phi) is 6.32. The zero-order chi connectivity index (χ0) is 21.1. The molecule has 1 saturated heterocycles. The van der Waals surface area contributed by atoms with Crippen LogP contribution in [0, 0.1) is 6.92 Å². The van der Waals surface area contributed by atoms with E-state index in [0.717, 1.165) is 35.2 Å². The van der Waals surface area contributed by atoms with Crippen molar-refractivity contribution in [3.05, 3.63) is 53.1 Å². The van der Waals surface area contributed by atoms with Crippen LogP contribution in [0.25, 0.3) is 10.9 Å². The molecule has 2 heterocycles. The predicted molar refractivity (Wildman–Crippen MR) is 126 cm³/mol. The summed E-state index contributed by atoms with van der Waals surface area (Å²) in [5.41, 5.74) is 3.02. The molecule has 1 aliphatic rings. The van der Waals surface area contributed by atoms with Crippen molar-refractivity contribution in [2.24, 2.45) is 10.2 Å². The fraction of sp³-hybridized carbons (Fsp3) is 0.318. The summed E-state index contributed by atoms with van der Waals surface area (Å²) in [6.07, 6.45) is 3.65. The number of anilines is 1. The van der Waals surface area contributed by atoms with Crippen molar-refractivity contribution in [3.8, 4) is 5.88 Å². The third-order valence-electron chi connectivity index (χ3n) is 5.46. The number of halogens is 1. The highest BCUT2D eigenvalue weighted by molar-refractivity contribution is 7.80. The van der Waals surface area contributed by atoms with Crippen LogP contribution in [0.15, 0.2) is 52.7 Å². The summed E-state index contributed by atoms with van der Waals surface area (Å²) in [7, 11) is 0. The standard InChI is InChI=1S/C22H24ClN5OS/c1-15-17(23)9-7-10-18(15)24-22(30)26-25-20-16-8-3-4-11-19(16)28(21(20)29)14-27-12-5-2-6-13-27/h3-4,7-11,29H,2,5-6,12-14H2,1H3,(H,24,30). The molecule has 0 spiro atoms. The Morgan fingerprint density at radius 2 is 1.90 bits per heavy atom. The molecule has 6 nitrogen and oxygen atoms in total. The van der Waals surface area contributed by atoms with Crippen LogP contribution < -0.4 is 5.32 Å². The van der Waals surface area contributed by atoms with Gasteiger partial charge in [0.2, 0.25) is 11.0 Å². The first kappa shape index (κ1) is 20.8. The van der Waals surface area contributed by atoms with E-state index in [0.29, 0.717) is 17.4 Å². The van der Waals surface area contributed by atoms with Crippen molar-refractivity contribution in [1.82, 2.24) is 9.47 Å². The summed E-state index contributed by atoms with van der Waals surface area (Å²) < 4.78 is 1.90. The molecule has 0 aliphatic carbocycles. The number of nitrogens with one attached hydrogen (secondary N) is 1. The Bertz CT molecular complexity index is 1100. The average molecular weight is 442 g/mol. The van der Waals surface area contributed by atoms with Crippen LogP contribution in [0.4, 0.5) is 11.4 Å². The van der Waals surface area contributed by atoms with Gasteiger partial charge in [0, 0.05) is 16.1 Å². The maximum absolute atomic E-state index is 10.9. The fourth-order valence-electron chi connectivity index (χ4n) is 3.79. The van der Waals surface area contributed by atoms with Gasteiger partial charge in [0.15, 0.2) is 5.69 Å². The van der Waals surface area contributed by atoms with Crippen LogP contribution >= 0.6 is 23.8 Å². The van der Waals surface area contributed by atoms with Gasteiger partial charge in [-0.25, -0.2) is 0 Å². The number of likely N-dealkylation sites (tertiary alicyclic amines) is 1. The van der Waals surface area contributed by atoms with Gasteiger partial charge in [-0.05, 0) is 68.8 Å². The zero-order valence-electron chi connectivity index (χ0n) is 16.8. The van der Waals surface area contributed by atoms with E-state index in [1.54, 1.807) is 0 Å². The quantitative estimate of drug-likeness (QED) is 0.372. The number of hydrogen-bond acceptors (Lipinski definition) is 4. The highest BCUT2D eigenvalue weighted by Crippen LogP contribution is 2.39. The second kappa shape index (κ2) is 9.12. The summed E-state index contributed by atoms with van der Waals surface area (Å²) in [5, 5.41) is 24.1. The molecule has 0 unspecified atom stereocenters. The highest BCUT2D eigenvalue weighted by Gasteiger charge is 2.19. The fourth-order valence-corrected chi connectivity index (χ4v) is 4.12. The molecule has 3 aromatic rings. The SMILES string of the molecule is Cc1c(Cl)cccc1NC(=S)N=Nc1c(O)n(CN2CCCCC2)c2ccccc12. The maximum atomic E-state index is 10.9. The van der Waals surface area contributed by atoms with E-state index < -0.39 is 0 Å². The van der Waals surface area contributed by atoms with Crippen molar-refractivity contribution < 1.29 is 5.11 Å². The average Bonchev–Trinajstić information content (AvgIpc) is 3.02. The molecule has 0 saturated carbocycles. The number of nitrogens with zero attached hydrogens (tertiary/aromatic N) is 4. The largest absolute Gasteiger partial charge is 0.493 e. The number of piperidine rings is 1. The molecular formula is C22H24ClN5OS. The summed E-state index contributed by atoms with van der Waals surface area (Å²) in [4.78, 5) is 2.35. The van der Waals surface area contributed by atoms with Gasteiger partial charge in [-0.1, -0.05) is 42.3 Å². The van der Waals surface area contributed by atoms with Gasteiger partial charge in [-0.2, -0.15) is 0 Å². The van der Waals surface area contributed by atoms with E-state index in [9.17, 15) is 5.11 Å². The maximum Gasteiger partial charge on any atom is 0.221 e. The number of azo groups is 1. The number of fused-ring (bicyclic) bond motifs is 1. The van der Waals surface area contributed by atoms with Crippen LogP contribution in [0.3, 0.4) is 0 Å². The molecule has 156 valence electrons. The molecule has 2 aromatic carbocycles. The minimum absolute atomic E-state index is 0.104. The number of aromatic nitrogens is 1. The van der Waals surface area contributed by atoms with Crippen molar-refractivity contribution >= 4 is 51.2 Å². The number of para-hydroxylation sites is 1. The molecule has 1 aromatic heterocycles. The second-order valence-electron chi connectivity index (χ2n) is 7.48. The van der Waals surface area contributed by atoms with Gasteiger partial charge in [0.05, 0.1) is 12.2 Å². The molecule has 1 aliphatic heterocycles. The number of benzene rings is 2. The Labute approximate surface area is 186 Å². The Balaban J connectivity index is 1.59. The summed E-state index contributed by atoms with van der Waals surface area (Å²) in [5.74, 6) is 0.104. The van der Waals surface area contributed by atoms with E-state index in [1.807, 2.05) is 54.0 Å². The number of rotatable bonds is 4. The van der Waals surface area contributed by atoms with E-state index in [1.165, 1.54) is 19.3 Å². The first-order valence-corrected chi connectivity index (χ1v) is 10.8. The molecule has 4 rings (SSSR count).